The van der Waals surface area contributed by atoms with Crippen molar-refractivity contribution in [3.8, 4) is 5.75 Å². The Balaban J connectivity index is 2.26. The van der Waals surface area contributed by atoms with Crippen LogP contribution in [0.5, 0.6) is 5.75 Å². The molecule has 2 aromatic carbocycles. The van der Waals surface area contributed by atoms with Crippen molar-refractivity contribution in [1.82, 2.24) is 0 Å². The second-order valence-corrected chi connectivity index (χ2v) is 6.17. The molecule has 0 saturated carbocycles. The SMILES string of the molecule is Cc1cc(CC(C(=O)O)C(O)c2ccc(F)cc2)cc(OC(F)(F)CF)c1. The minimum Gasteiger partial charge on any atom is -0.481 e. The molecule has 0 radical (unpaired) electrons. The molecule has 0 bridgehead atoms. The van der Waals surface area contributed by atoms with Crippen LogP contribution < -0.4 is 4.74 Å². The van der Waals surface area contributed by atoms with Crippen molar-refractivity contribution in [2.75, 3.05) is 6.67 Å². The first kappa shape index (κ1) is 20.7. The average molecular weight is 386 g/mol. The lowest BCUT2D eigenvalue weighted by Crippen LogP contribution is -2.27. The number of aliphatic hydroxyl groups is 1. The molecule has 0 aliphatic carbocycles. The van der Waals surface area contributed by atoms with Gasteiger partial charge in [0.1, 0.15) is 11.6 Å². The van der Waals surface area contributed by atoms with E-state index in [1.807, 2.05) is 0 Å². The van der Waals surface area contributed by atoms with E-state index >= 15 is 0 Å². The maximum atomic E-state index is 13.1. The van der Waals surface area contributed by atoms with Gasteiger partial charge in [0, 0.05) is 0 Å². The Kier molecular flexibility index (Phi) is 6.43. The lowest BCUT2D eigenvalue weighted by atomic mass is 9.89. The third-order valence-electron chi connectivity index (χ3n) is 3.90. The number of carboxylic acids is 1. The summed E-state index contributed by atoms with van der Waals surface area (Å²) in [5.74, 6) is -3.48. The van der Waals surface area contributed by atoms with Gasteiger partial charge in [-0.25, -0.2) is 8.78 Å². The summed E-state index contributed by atoms with van der Waals surface area (Å²) in [5, 5.41) is 19.8. The van der Waals surface area contributed by atoms with Crippen LogP contribution in [0.25, 0.3) is 0 Å². The Hall–Kier alpha value is -2.61. The van der Waals surface area contributed by atoms with E-state index in [-0.39, 0.29) is 17.7 Å². The monoisotopic (exact) mass is 386 g/mol. The molecule has 2 aromatic rings. The fourth-order valence-corrected chi connectivity index (χ4v) is 2.68. The summed E-state index contributed by atoms with van der Waals surface area (Å²) in [4.78, 5) is 11.6. The van der Waals surface area contributed by atoms with Crippen LogP contribution in [-0.2, 0) is 11.2 Å². The van der Waals surface area contributed by atoms with Gasteiger partial charge in [0.25, 0.3) is 0 Å². The van der Waals surface area contributed by atoms with Crippen molar-refractivity contribution in [1.29, 1.82) is 0 Å². The topological polar surface area (TPSA) is 66.8 Å². The van der Waals surface area contributed by atoms with Crippen LogP contribution in [0.2, 0.25) is 0 Å². The number of aliphatic carboxylic acids is 1. The summed E-state index contributed by atoms with van der Waals surface area (Å²) in [7, 11) is 0. The Morgan fingerprint density at radius 3 is 2.37 bits per heavy atom. The van der Waals surface area contributed by atoms with Crippen molar-refractivity contribution in [2.24, 2.45) is 5.92 Å². The van der Waals surface area contributed by atoms with Gasteiger partial charge in [-0.2, -0.15) is 8.78 Å². The van der Waals surface area contributed by atoms with Gasteiger partial charge in [0.2, 0.25) is 0 Å². The van der Waals surface area contributed by atoms with E-state index in [4.69, 9.17) is 0 Å². The normalized spacial score (nSPS) is 13.9. The van der Waals surface area contributed by atoms with Gasteiger partial charge in [-0.15, -0.1) is 0 Å². The van der Waals surface area contributed by atoms with Gasteiger partial charge in [-0.05, 0) is 54.3 Å². The van der Waals surface area contributed by atoms with Crippen LogP contribution in [0.4, 0.5) is 17.6 Å². The second-order valence-electron chi connectivity index (χ2n) is 6.17. The Morgan fingerprint density at radius 1 is 1.19 bits per heavy atom. The molecule has 0 saturated heterocycles. The number of ether oxygens (including phenoxy) is 1. The van der Waals surface area contributed by atoms with E-state index in [9.17, 15) is 32.6 Å². The van der Waals surface area contributed by atoms with E-state index in [1.54, 1.807) is 13.0 Å². The largest absolute Gasteiger partial charge is 0.481 e. The van der Waals surface area contributed by atoms with Crippen molar-refractivity contribution < 1.29 is 37.3 Å². The van der Waals surface area contributed by atoms with Crippen LogP contribution in [-0.4, -0.2) is 29.0 Å². The van der Waals surface area contributed by atoms with E-state index in [0.29, 0.717) is 11.1 Å². The summed E-state index contributed by atoms with van der Waals surface area (Å²) in [6.07, 6.45) is -5.64. The first-order chi connectivity index (χ1) is 12.6. The van der Waals surface area contributed by atoms with E-state index in [2.05, 4.69) is 4.74 Å². The van der Waals surface area contributed by atoms with Crippen LogP contribution in [0.15, 0.2) is 42.5 Å². The maximum Gasteiger partial charge on any atom is 0.427 e. The Morgan fingerprint density at radius 2 is 1.81 bits per heavy atom. The average Bonchev–Trinajstić information content (AvgIpc) is 2.58. The first-order valence-electron chi connectivity index (χ1n) is 8.01. The minimum atomic E-state index is -4.00. The van der Waals surface area contributed by atoms with E-state index in [0.717, 1.165) is 12.1 Å². The molecule has 0 amide bonds. The fourth-order valence-electron chi connectivity index (χ4n) is 2.68. The molecule has 0 aromatic heterocycles. The number of aryl methyl sites for hydroxylation is 1. The van der Waals surface area contributed by atoms with Gasteiger partial charge in [-0.1, -0.05) is 18.2 Å². The molecule has 2 unspecified atom stereocenters. The maximum absolute atomic E-state index is 13.1. The lowest BCUT2D eigenvalue weighted by molar-refractivity contribution is -0.186. The standard InChI is InChI=1S/C19H18F4O4/c1-11-6-12(8-15(7-11)27-19(22,23)10-20)9-16(18(25)26)17(24)13-2-4-14(21)5-3-13/h2-8,16-17,24H,9-10H2,1H3,(H,25,26). The van der Waals surface area contributed by atoms with E-state index < -0.39 is 36.6 Å². The van der Waals surface area contributed by atoms with Gasteiger partial charge < -0.3 is 14.9 Å². The second kappa shape index (κ2) is 8.39. The molecular formula is C19H18F4O4. The number of aliphatic hydroxyl groups excluding tert-OH is 1. The zero-order valence-corrected chi connectivity index (χ0v) is 14.3. The highest BCUT2D eigenvalue weighted by Crippen LogP contribution is 2.29. The number of carboxylic acid groups (broad SMARTS) is 1. The molecule has 0 aliphatic rings. The van der Waals surface area contributed by atoms with Crippen molar-refractivity contribution >= 4 is 5.97 Å². The first-order valence-corrected chi connectivity index (χ1v) is 8.01. The number of hydrogen-bond donors (Lipinski definition) is 2. The zero-order valence-electron chi connectivity index (χ0n) is 14.3. The van der Waals surface area contributed by atoms with E-state index in [1.165, 1.54) is 24.3 Å². The third kappa shape index (κ3) is 5.68. The summed E-state index contributed by atoms with van der Waals surface area (Å²) >= 11 is 0. The lowest BCUT2D eigenvalue weighted by Gasteiger charge is -2.21. The van der Waals surface area contributed by atoms with Crippen LogP contribution in [0.3, 0.4) is 0 Å². The smallest absolute Gasteiger partial charge is 0.427 e. The molecule has 0 aliphatic heterocycles. The molecule has 2 N–H and O–H groups in total. The van der Waals surface area contributed by atoms with Gasteiger partial charge in [0.15, 0.2) is 6.67 Å². The van der Waals surface area contributed by atoms with Crippen molar-refractivity contribution in [3.05, 3.63) is 65.0 Å². The fraction of sp³-hybridized carbons (Fsp3) is 0.316. The summed E-state index contributed by atoms with van der Waals surface area (Å²) in [6.45, 7) is -0.423. The minimum absolute atomic E-state index is 0.201. The molecular weight excluding hydrogens is 368 g/mol. The third-order valence-corrected chi connectivity index (χ3v) is 3.90. The number of carbonyl (C=O) groups is 1. The number of alkyl halides is 3. The zero-order chi connectivity index (χ0) is 20.2. The molecule has 146 valence electrons. The van der Waals surface area contributed by atoms with Crippen LogP contribution in [0, 0.1) is 18.7 Å². The molecule has 4 nitrogen and oxygen atoms in total. The summed E-state index contributed by atoms with van der Waals surface area (Å²) in [5.41, 5.74) is 1.02. The molecule has 2 rings (SSSR count). The number of rotatable bonds is 8. The highest BCUT2D eigenvalue weighted by Gasteiger charge is 2.32. The summed E-state index contributed by atoms with van der Waals surface area (Å²) < 4.78 is 55.8. The highest BCUT2D eigenvalue weighted by atomic mass is 19.3. The van der Waals surface area contributed by atoms with Crippen LogP contribution >= 0.6 is 0 Å². The Labute approximate surface area is 153 Å². The van der Waals surface area contributed by atoms with Crippen molar-refractivity contribution in [3.63, 3.8) is 0 Å². The van der Waals surface area contributed by atoms with Gasteiger partial charge >= 0.3 is 12.1 Å². The van der Waals surface area contributed by atoms with Gasteiger partial charge in [0.05, 0.1) is 12.0 Å². The Bertz CT molecular complexity index is 793. The predicted octanol–water partition coefficient (Wildman–Crippen LogP) is 4.05. The summed E-state index contributed by atoms with van der Waals surface area (Å²) in [6, 6.07) is 8.70. The molecule has 0 spiro atoms. The number of benzene rings is 2. The predicted molar refractivity (Wildman–Crippen MR) is 88.9 cm³/mol. The molecule has 8 heteroatoms. The number of hydrogen-bond acceptors (Lipinski definition) is 3. The molecule has 27 heavy (non-hydrogen) atoms. The molecule has 0 fully saturated rings. The molecule has 2 atom stereocenters. The van der Waals surface area contributed by atoms with Gasteiger partial charge in [-0.3, -0.25) is 4.79 Å². The quantitative estimate of drug-likeness (QED) is 0.672. The highest BCUT2D eigenvalue weighted by molar-refractivity contribution is 5.71. The van der Waals surface area contributed by atoms with Crippen molar-refractivity contribution in [2.45, 2.75) is 25.6 Å². The number of halogens is 4. The van der Waals surface area contributed by atoms with Crippen LogP contribution in [0.1, 0.15) is 22.8 Å². The molecule has 0 heterocycles.